The fourth-order valence-corrected chi connectivity index (χ4v) is 3.43. The van der Waals surface area contributed by atoms with Gasteiger partial charge in [-0.25, -0.2) is 4.79 Å². The van der Waals surface area contributed by atoms with E-state index in [-0.39, 0.29) is 16.9 Å². The standard InChI is InChI=1S/C21H19NO4/c1-21(2,3)14-10-11(25-4)9-13-17(20(24)26-18(13)14)16-12-7-5-6-8-15(12)22-19(16)23/h5-10H,1-4H3,(H,22,23)/b17-16+. The smallest absolute Gasteiger partial charge is 0.345 e. The molecule has 2 aliphatic heterocycles. The number of rotatable bonds is 1. The highest BCUT2D eigenvalue weighted by Crippen LogP contribution is 2.48. The van der Waals surface area contributed by atoms with E-state index in [9.17, 15) is 9.59 Å². The van der Waals surface area contributed by atoms with E-state index in [1.807, 2.05) is 51.1 Å². The summed E-state index contributed by atoms with van der Waals surface area (Å²) >= 11 is 0. The molecule has 4 rings (SSSR count). The van der Waals surface area contributed by atoms with Gasteiger partial charge in [0.2, 0.25) is 0 Å². The van der Waals surface area contributed by atoms with Crippen LogP contribution in [0.3, 0.4) is 0 Å². The topological polar surface area (TPSA) is 64.6 Å². The lowest BCUT2D eigenvalue weighted by molar-refractivity contribution is -0.127. The molecule has 0 fully saturated rings. The molecule has 5 heteroatoms. The number of benzene rings is 2. The molecule has 2 heterocycles. The van der Waals surface area contributed by atoms with Crippen LogP contribution >= 0.6 is 0 Å². The maximum atomic E-state index is 12.8. The Bertz CT molecular complexity index is 996. The van der Waals surface area contributed by atoms with Crippen LogP contribution in [0.5, 0.6) is 11.5 Å². The van der Waals surface area contributed by atoms with Crippen LogP contribution < -0.4 is 14.8 Å². The summed E-state index contributed by atoms with van der Waals surface area (Å²) in [5, 5.41) is 2.81. The first-order valence-corrected chi connectivity index (χ1v) is 8.41. The van der Waals surface area contributed by atoms with Gasteiger partial charge in [-0.3, -0.25) is 4.79 Å². The van der Waals surface area contributed by atoms with E-state index in [1.165, 1.54) is 0 Å². The van der Waals surface area contributed by atoms with E-state index in [1.54, 1.807) is 13.2 Å². The molecule has 0 unspecified atom stereocenters. The Hall–Kier alpha value is -3.08. The van der Waals surface area contributed by atoms with E-state index in [2.05, 4.69) is 5.32 Å². The van der Waals surface area contributed by atoms with Crippen LogP contribution in [0.2, 0.25) is 0 Å². The van der Waals surface area contributed by atoms with E-state index in [0.717, 1.165) is 5.56 Å². The van der Waals surface area contributed by atoms with Crippen molar-refractivity contribution in [1.82, 2.24) is 0 Å². The molecule has 0 radical (unpaired) electrons. The monoisotopic (exact) mass is 349 g/mol. The molecule has 0 bridgehead atoms. The normalized spacial score (nSPS) is 18.3. The van der Waals surface area contributed by atoms with E-state index in [4.69, 9.17) is 9.47 Å². The van der Waals surface area contributed by atoms with Crippen molar-refractivity contribution in [2.24, 2.45) is 0 Å². The van der Waals surface area contributed by atoms with Crippen LogP contribution in [0.25, 0.3) is 11.1 Å². The summed E-state index contributed by atoms with van der Waals surface area (Å²) in [6.45, 7) is 6.12. The zero-order valence-corrected chi connectivity index (χ0v) is 15.1. The molecular formula is C21H19NO4. The van der Waals surface area contributed by atoms with Crippen LogP contribution in [0.1, 0.15) is 37.5 Å². The largest absolute Gasteiger partial charge is 0.497 e. The number of carbonyl (C=O) groups is 2. The van der Waals surface area contributed by atoms with Gasteiger partial charge < -0.3 is 14.8 Å². The number of esters is 1. The molecule has 0 aliphatic carbocycles. The number of carbonyl (C=O) groups excluding carboxylic acids is 2. The maximum Gasteiger partial charge on any atom is 0.345 e. The Kier molecular flexibility index (Phi) is 3.44. The quantitative estimate of drug-likeness (QED) is 0.483. The van der Waals surface area contributed by atoms with Gasteiger partial charge in [0.1, 0.15) is 11.5 Å². The Morgan fingerprint density at radius 1 is 1.00 bits per heavy atom. The van der Waals surface area contributed by atoms with Crippen LogP contribution in [0, 0.1) is 0 Å². The summed E-state index contributed by atoms with van der Waals surface area (Å²) in [5.41, 5.74) is 3.24. The molecular weight excluding hydrogens is 330 g/mol. The van der Waals surface area contributed by atoms with Gasteiger partial charge in [0.25, 0.3) is 5.91 Å². The van der Waals surface area contributed by atoms with Gasteiger partial charge >= 0.3 is 5.97 Å². The predicted molar refractivity (Wildman–Crippen MR) is 99.2 cm³/mol. The van der Waals surface area contributed by atoms with Crippen molar-refractivity contribution in [3.8, 4) is 11.5 Å². The number of ether oxygens (including phenoxy) is 2. The van der Waals surface area contributed by atoms with Gasteiger partial charge in [-0.1, -0.05) is 39.0 Å². The van der Waals surface area contributed by atoms with E-state index < -0.39 is 5.97 Å². The number of hydrogen-bond donors (Lipinski definition) is 1. The number of para-hydroxylation sites is 1. The summed E-state index contributed by atoms with van der Waals surface area (Å²) in [4.78, 5) is 25.4. The minimum Gasteiger partial charge on any atom is -0.497 e. The van der Waals surface area contributed by atoms with Crippen LogP contribution in [-0.4, -0.2) is 19.0 Å². The van der Waals surface area contributed by atoms with E-state index in [0.29, 0.717) is 33.9 Å². The molecule has 0 saturated carbocycles. The van der Waals surface area contributed by atoms with Crippen molar-refractivity contribution in [2.45, 2.75) is 26.2 Å². The fourth-order valence-electron chi connectivity index (χ4n) is 3.43. The van der Waals surface area contributed by atoms with Gasteiger partial charge in [-0.05, 0) is 23.6 Å². The van der Waals surface area contributed by atoms with Crippen molar-refractivity contribution in [3.05, 3.63) is 53.1 Å². The number of methoxy groups -OCH3 is 1. The number of fused-ring (bicyclic) bond motifs is 2. The van der Waals surface area contributed by atoms with Crippen molar-refractivity contribution in [1.29, 1.82) is 0 Å². The van der Waals surface area contributed by atoms with Crippen LogP contribution in [0.4, 0.5) is 5.69 Å². The second kappa shape index (κ2) is 5.46. The lowest BCUT2D eigenvalue weighted by Gasteiger charge is -2.22. The molecule has 2 aromatic carbocycles. The Morgan fingerprint density at radius 3 is 2.42 bits per heavy atom. The average Bonchev–Trinajstić information content (AvgIpc) is 3.07. The summed E-state index contributed by atoms with van der Waals surface area (Å²) in [6, 6.07) is 11.0. The molecule has 0 aromatic heterocycles. The second-order valence-corrected chi connectivity index (χ2v) is 7.44. The van der Waals surface area contributed by atoms with Gasteiger partial charge in [0, 0.05) is 22.4 Å². The number of amides is 1. The van der Waals surface area contributed by atoms with Gasteiger partial charge in [-0.2, -0.15) is 0 Å². The Labute approximate surface area is 151 Å². The number of anilines is 1. The first kappa shape index (κ1) is 16.4. The van der Waals surface area contributed by atoms with Crippen molar-refractivity contribution >= 4 is 28.7 Å². The molecule has 0 spiro atoms. The Balaban J connectivity index is 2.04. The van der Waals surface area contributed by atoms with Crippen molar-refractivity contribution in [2.75, 3.05) is 12.4 Å². The average molecular weight is 349 g/mol. The molecule has 132 valence electrons. The third-order valence-corrected chi connectivity index (χ3v) is 4.70. The second-order valence-electron chi connectivity index (χ2n) is 7.44. The molecule has 1 N–H and O–H groups in total. The van der Waals surface area contributed by atoms with Crippen LogP contribution in [0.15, 0.2) is 36.4 Å². The molecule has 0 atom stereocenters. The molecule has 1 amide bonds. The minimum absolute atomic E-state index is 0.255. The fraction of sp³-hybridized carbons (Fsp3) is 0.238. The number of hydrogen-bond acceptors (Lipinski definition) is 4. The zero-order chi connectivity index (χ0) is 18.6. The van der Waals surface area contributed by atoms with Gasteiger partial charge in [0.15, 0.2) is 0 Å². The van der Waals surface area contributed by atoms with Crippen molar-refractivity contribution in [3.63, 3.8) is 0 Å². The lowest BCUT2D eigenvalue weighted by Crippen LogP contribution is -2.13. The lowest BCUT2D eigenvalue weighted by atomic mass is 9.84. The maximum absolute atomic E-state index is 12.8. The minimum atomic E-state index is -0.513. The van der Waals surface area contributed by atoms with Gasteiger partial charge in [0.05, 0.1) is 18.3 Å². The molecule has 2 aliphatic rings. The summed E-state index contributed by atoms with van der Waals surface area (Å²) in [6.07, 6.45) is 0. The zero-order valence-electron chi connectivity index (χ0n) is 15.1. The van der Waals surface area contributed by atoms with Crippen molar-refractivity contribution < 1.29 is 19.1 Å². The third-order valence-electron chi connectivity index (χ3n) is 4.70. The van der Waals surface area contributed by atoms with Crippen LogP contribution in [-0.2, 0) is 15.0 Å². The highest BCUT2D eigenvalue weighted by molar-refractivity contribution is 6.45. The highest BCUT2D eigenvalue weighted by atomic mass is 16.5. The summed E-state index contributed by atoms with van der Waals surface area (Å²) < 4.78 is 11.0. The van der Waals surface area contributed by atoms with E-state index >= 15 is 0 Å². The predicted octanol–water partition coefficient (Wildman–Crippen LogP) is 3.77. The SMILES string of the molecule is COc1cc2c(c(C(C)(C)C)c1)OC(=O)/C2=C1/C(=O)Nc2ccccc21. The third kappa shape index (κ3) is 2.31. The summed E-state index contributed by atoms with van der Waals surface area (Å²) in [5.74, 6) is 0.312. The Morgan fingerprint density at radius 2 is 1.73 bits per heavy atom. The van der Waals surface area contributed by atoms with Gasteiger partial charge in [-0.15, -0.1) is 0 Å². The molecule has 26 heavy (non-hydrogen) atoms. The summed E-state index contributed by atoms with van der Waals surface area (Å²) in [7, 11) is 1.58. The molecule has 0 saturated heterocycles. The molecule has 5 nitrogen and oxygen atoms in total. The molecule has 2 aromatic rings. The number of nitrogens with one attached hydrogen (secondary N) is 1. The highest BCUT2D eigenvalue weighted by Gasteiger charge is 2.39. The first-order chi connectivity index (χ1) is 12.3. The first-order valence-electron chi connectivity index (χ1n) is 8.41.